The van der Waals surface area contributed by atoms with Crippen molar-refractivity contribution in [1.29, 1.82) is 0 Å². The number of aromatic nitrogens is 4. The normalized spacial score (nSPS) is 15.3. The zero-order valence-corrected chi connectivity index (χ0v) is 13.6. The van der Waals surface area contributed by atoms with Crippen molar-refractivity contribution in [2.24, 2.45) is 7.05 Å². The number of ether oxygens (including phenoxy) is 1. The van der Waals surface area contributed by atoms with E-state index in [-0.39, 0.29) is 23.7 Å². The number of rotatable bonds is 3. The zero-order chi connectivity index (χ0) is 17.7. The molecule has 24 heavy (non-hydrogen) atoms. The lowest BCUT2D eigenvalue weighted by Crippen LogP contribution is -2.38. The van der Waals surface area contributed by atoms with Crippen LogP contribution in [0.1, 0.15) is 5.69 Å². The van der Waals surface area contributed by atoms with Crippen LogP contribution >= 0.6 is 0 Å². The number of alkyl halides is 3. The first-order valence-corrected chi connectivity index (χ1v) is 8.32. The third-order valence-corrected chi connectivity index (χ3v) is 5.21. The van der Waals surface area contributed by atoms with Gasteiger partial charge >= 0.3 is 6.18 Å². The van der Waals surface area contributed by atoms with Crippen molar-refractivity contribution in [2.45, 2.75) is 24.5 Å². The molecule has 2 aromatic rings. The number of halogens is 3. The Balaban J connectivity index is 1.98. The van der Waals surface area contributed by atoms with Gasteiger partial charge in [-0.1, -0.05) is 0 Å². The molecule has 132 valence electrons. The molecule has 0 spiro atoms. The molecule has 8 nitrogen and oxygen atoms in total. The van der Waals surface area contributed by atoms with Gasteiger partial charge in [0.15, 0.2) is 0 Å². The maximum atomic E-state index is 12.8. The van der Waals surface area contributed by atoms with E-state index >= 15 is 0 Å². The first kappa shape index (κ1) is 16.6. The fourth-order valence-corrected chi connectivity index (χ4v) is 3.98. The van der Waals surface area contributed by atoms with Crippen molar-refractivity contribution in [3.63, 3.8) is 0 Å². The molecule has 0 bridgehead atoms. The van der Waals surface area contributed by atoms with Crippen LogP contribution in [0.3, 0.4) is 0 Å². The van der Waals surface area contributed by atoms with E-state index in [1.54, 1.807) is 14.0 Å². The monoisotopic (exact) mass is 365 g/mol. The summed E-state index contributed by atoms with van der Waals surface area (Å²) in [6.45, 7) is 0.417. The van der Waals surface area contributed by atoms with E-state index < -0.39 is 22.7 Å². The van der Waals surface area contributed by atoms with Crippen LogP contribution < -0.4 is 9.04 Å². The summed E-state index contributed by atoms with van der Waals surface area (Å²) in [5.41, 5.74) is 0.728. The Labute approximate surface area is 135 Å². The van der Waals surface area contributed by atoms with Gasteiger partial charge in [-0.2, -0.15) is 23.4 Å². The van der Waals surface area contributed by atoms with Crippen molar-refractivity contribution in [3.8, 4) is 5.88 Å². The fourth-order valence-electron chi connectivity index (χ4n) is 2.53. The number of fused-ring (bicyclic) bond motifs is 1. The molecule has 3 rings (SSSR count). The number of hydrogen-bond donors (Lipinski definition) is 0. The molecular formula is C12H14F3N5O3S. The SMILES string of the molecule is Cc1nn(C)c2c1N(S(=O)(=O)c1cnn(CC(F)(F)F)c1)CCO2. The topological polar surface area (TPSA) is 82.3 Å². The summed E-state index contributed by atoms with van der Waals surface area (Å²) in [5.74, 6) is 0.296. The summed E-state index contributed by atoms with van der Waals surface area (Å²) >= 11 is 0. The molecule has 0 saturated carbocycles. The lowest BCUT2D eigenvalue weighted by molar-refractivity contribution is -0.142. The molecule has 0 saturated heterocycles. The largest absolute Gasteiger partial charge is 0.474 e. The van der Waals surface area contributed by atoms with Crippen LogP contribution in [0.25, 0.3) is 0 Å². The highest BCUT2D eigenvalue weighted by Gasteiger charge is 2.36. The van der Waals surface area contributed by atoms with E-state index in [4.69, 9.17) is 4.74 Å². The highest BCUT2D eigenvalue weighted by Crippen LogP contribution is 2.37. The van der Waals surface area contributed by atoms with Gasteiger partial charge in [-0.15, -0.1) is 0 Å². The van der Waals surface area contributed by atoms with Crippen LogP contribution in [0.2, 0.25) is 0 Å². The zero-order valence-electron chi connectivity index (χ0n) is 12.8. The van der Waals surface area contributed by atoms with Crippen molar-refractivity contribution in [1.82, 2.24) is 19.6 Å². The van der Waals surface area contributed by atoms with Crippen LogP contribution in [-0.4, -0.2) is 47.3 Å². The van der Waals surface area contributed by atoms with Crippen molar-refractivity contribution >= 4 is 15.7 Å². The molecule has 1 aliphatic rings. The lowest BCUT2D eigenvalue weighted by atomic mass is 10.3. The standard InChI is InChI=1S/C12H14F3N5O3S/c1-8-10-11(18(2)17-8)23-4-3-20(10)24(21,22)9-5-16-19(6-9)7-12(13,14)15/h5-6H,3-4,7H2,1-2H3. The minimum absolute atomic E-state index is 0.0340. The van der Waals surface area contributed by atoms with Gasteiger partial charge in [0.25, 0.3) is 10.0 Å². The molecule has 0 atom stereocenters. The molecule has 0 fully saturated rings. The average molecular weight is 365 g/mol. The molecule has 3 heterocycles. The molecule has 0 radical (unpaired) electrons. The van der Waals surface area contributed by atoms with E-state index in [1.165, 1.54) is 4.68 Å². The Kier molecular flexibility index (Phi) is 3.73. The maximum absolute atomic E-state index is 12.8. The molecule has 0 amide bonds. The number of sulfonamides is 1. The van der Waals surface area contributed by atoms with Crippen molar-refractivity contribution < 1.29 is 26.3 Å². The molecule has 12 heteroatoms. The molecule has 2 aromatic heterocycles. The van der Waals surface area contributed by atoms with Crippen LogP contribution in [0.5, 0.6) is 5.88 Å². The summed E-state index contributed by atoms with van der Waals surface area (Å²) in [6, 6.07) is 0. The third-order valence-electron chi connectivity index (χ3n) is 3.46. The Morgan fingerprint density at radius 3 is 2.75 bits per heavy atom. The minimum Gasteiger partial charge on any atom is -0.474 e. The molecule has 1 aliphatic heterocycles. The summed E-state index contributed by atoms with van der Waals surface area (Å²) in [7, 11) is -2.46. The number of anilines is 1. The smallest absolute Gasteiger partial charge is 0.408 e. The van der Waals surface area contributed by atoms with Gasteiger partial charge in [-0.25, -0.2) is 13.1 Å². The van der Waals surface area contributed by atoms with E-state index in [2.05, 4.69) is 10.2 Å². The maximum Gasteiger partial charge on any atom is 0.408 e. The van der Waals surface area contributed by atoms with Gasteiger partial charge in [0.05, 0.1) is 18.4 Å². The predicted molar refractivity (Wildman–Crippen MR) is 76.3 cm³/mol. The van der Waals surface area contributed by atoms with Gasteiger partial charge in [-0.3, -0.25) is 8.99 Å². The van der Waals surface area contributed by atoms with Gasteiger partial charge in [0, 0.05) is 13.2 Å². The highest BCUT2D eigenvalue weighted by molar-refractivity contribution is 7.92. The van der Waals surface area contributed by atoms with Crippen LogP contribution in [-0.2, 0) is 23.6 Å². The predicted octanol–water partition coefficient (Wildman–Crippen LogP) is 1.08. The molecular weight excluding hydrogens is 351 g/mol. The van der Waals surface area contributed by atoms with Crippen LogP contribution in [0.4, 0.5) is 18.9 Å². The van der Waals surface area contributed by atoms with Crippen molar-refractivity contribution in [2.75, 3.05) is 17.5 Å². The Bertz CT molecular complexity index is 871. The number of aryl methyl sites for hydroxylation is 2. The van der Waals surface area contributed by atoms with Gasteiger partial charge in [0.2, 0.25) is 5.88 Å². The molecule has 0 unspecified atom stereocenters. The molecule has 0 N–H and O–H groups in total. The highest BCUT2D eigenvalue weighted by atomic mass is 32.2. The number of hydrogen-bond acceptors (Lipinski definition) is 5. The second kappa shape index (κ2) is 5.40. The first-order valence-electron chi connectivity index (χ1n) is 6.88. The second-order valence-electron chi connectivity index (χ2n) is 5.28. The summed E-state index contributed by atoms with van der Waals surface area (Å²) in [6.07, 6.45) is -2.72. The first-order chi connectivity index (χ1) is 11.1. The summed E-state index contributed by atoms with van der Waals surface area (Å²) in [5, 5.41) is 7.60. The van der Waals surface area contributed by atoms with Gasteiger partial charge in [0.1, 0.15) is 23.7 Å². The van der Waals surface area contributed by atoms with E-state index in [0.29, 0.717) is 16.3 Å². The van der Waals surface area contributed by atoms with Gasteiger partial charge < -0.3 is 4.74 Å². The van der Waals surface area contributed by atoms with E-state index in [0.717, 1.165) is 16.7 Å². The quantitative estimate of drug-likeness (QED) is 0.813. The summed E-state index contributed by atoms with van der Waals surface area (Å²) < 4.78 is 71.3. The second-order valence-corrected chi connectivity index (χ2v) is 7.14. The third kappa shape index (κ3) is 2.81. The lowest BCUT2D eigenvalue weighted by Gasteiger charge is -2.28. The minimum atomic E-state index is -4.49. The summed E-state index contributed by atoms with van der Waals surface area (Å²) in [4.78, 5) is -0.317. The Hall–Kier alpha value is -2.24. The van der Waals surface area contributed by atoms with Crippen LogP contribution in [0, 0.1) is 6.92 Å². The van der Waals surface area contributed by atoms with Crippen LogP contribution in [0.15, 0.2) is 17.3 Å². The number of nitrogens with zero attached hydrogens (tertiary/aromatic N) is 5. The van der Waals surface area contributed by atoms with Crippen molar-refractivity contribution in [3.05, 3.63) is 18.1 Å². The average Bonchev–Trinajstić information content (AvgIpc) is 3.03. The fraction of sp³-hybridized carbons (Fsp3) is 0.500. The van der Waals surface area contributed by atoms with Gasteiger partial charge in [-0.05, 0) is 6.92 Å². The molecule has 0 aromatic carbocycles. The Morgan fingerprint density at radius 2 is 2.08 bits per heavy atom. The van der Waals surface area contributed by atoms with E-state index in [1.807, 2.05) is 0 Å². The Morgan fingerprint density at radius 1 is 1.38 bits per heavy atom. The van der Waals surface area contributed by atoms with E-state index in [9.17, 15) is 21.6 Å². The molecule has 0 aliphatic carbocycles.